The van der Waals surface area contributed by atoms with Crippen LogP contribution >= 0.6 is 15.9 Å². The van der Waals surface area contributed by atoms with Crippen molar-refractivity contribution in [3.63, 3.8) is 0 Å². The molecule has 0 bridgehead atoms. The van der Waals surface area contributed by atoms with Gasteiger partial charge in [0.25, 0.3) is 5.56 Å². The monoisotopic (exact) mass is 357 g/mol. The van der Waals surface area contributed by atoms with Crippen LogP contribution in [0.4, 0.5) is 5.82 Å². The van der Waals surface area contributed by atoms with Crippen molar-refractivity contribution >= 4 is 32.8 Å². The molecule has 0 unspecified atom stereocenters. The highest BCUT2D eigenvalue weighted by atomic mass is 79.9. The number of anilines is 1. The van der Waals surface area contributed by atoms with Gasteiger partial charge in [-0.2, -0.15) is 5.26 Å². The second kappa shape index (κ2) is 5.13. The molecule has 4 N–H and O–H groups in total. The Labute approximate surface area is 131 Å². The summed E-state index contributed by atoms with van der Waals surface area (Å²) in [5.41, 5.74) is 5.54. The van der Waals surface area contributed by atoms with E-state index < -0.39 is 11.2 Å². The molecule has 108 valence electrons. The molecule has 7 nitrogen and oxygen atoms in total. The normalized spacial score (nSPS) is 10.5. The van der Waals surface area contributed by atoms with E-state index in [4.69, 9.17) is 5.73 Å². The van der Waals surface area contributed by atoms with Crippen molar-refractivity contribution in [3.05, 3.63) is 55.1 Å². The average Bonchev–Trinajstić information content (AvgIpc) is 2.46. The van der Waals surface area contributed by atoms with Gasteiger partial charge in [0, 0.05) is 10.0 Å². The fourth-order valence-electron chi connectivity index (χ4n) is 2.27. The molecule has 0 aliphatic carbocycles. The molecule has 0 saturated heterocycles. The summed E-state index contributed by atoms with van der Waals surface area (Å²) in [6.07, 6.45) is 0. The van der Waals surface area contributed by atoms with Crippen molar-refractivity contribution in [1.82, 2.24) is 15.0 Å². The van der Waals surface area contributed by atoms with E-state index in [2.05, 4.69) is 30.9 Å². The van der Waals surface area contributed by atoms with Crippen molar-refractivity contribution in [2.45, 2.75) is 0 Å². The molecule has 0 fully saturated rings. The minimum Gasteiger partial charge on any atom is -0.383 e. The van der Waals surface area contributed by atoms with Gasteiger partial charge in [-0.25, -0.2) is 9.78 Å². The number of rotatable bonds is 1. The summed E-state index contributed by atoms with van der Waals surface area (Å²) in [6, 6.07) is 9.06. The molecule has 3 aromatic rings. The Hall–Kier alpha value is -2.92. The van der Waals surface area contributed by atoms with Crippen LogP contribution in [0.1, 0.15) is 5.56 Å². The van der Waals surface area contributed by atoms with Crippen LogP contribution < -0.4 is 17.0 Å². The third-order valence-corrected chi connectivity index (χ3v) is 3.86. The van der Waals surface area contributed by atoms with E-state index in [1.165, 1.54) is 0 Å². The molecule has 22 heavy (non-hydrogen) atoms. The van der Waals surface area contributed by atoms with Gasteiger partial charge >= 0.3 is 5.69 Å². The number of hydrogen-bond donors (Lipinski definition) is 3. The molecule has 0 atom stereocenters. The molecule has 1 aromatic carbocycles. The first kappa shape index (κ1) is 14.0. The van der Waals surface area contributed by atoms with Gasteiger partial charge in [0.1, 0.15) is 23.1 Å². The summed E-state index contributed by atoms with van der Waals surface area (Å²) in [6.45, 7) is 0. The van der Waals surface area contributed by atoms with E-state index in [1.54, 1.807) is 24.3 Å². The van der Waals surface area contributed by atoms with Gasteiger partial charge < -0.3 is 5.73 Å². The number of H-pyrrole nitrogens is 2. The second-order valence-electron chi connectivity index (χ2n) is 4.47. The Morgan fingerprint density at radius 1 is 1.23 bits per heavy atom. The van der Waals surface area contributed by atoms with Crippen molar-refractivity contribution < 1.29 is 0 Å². The van der Waals surface area contributed by atoms with Crippen molar-refractivity contribution in [2.75, 3.05) is 5.73 Å². The maximum absolute atomic E-state index is 12.2. The van der Waals surface area contributed by atoms with Gasteiger partial charge in [0.2, 0.25) is 0 Å². The molecule has 3 rings (SSSR count). The minimum absolute atomic E-state index is 0.0380. The first-order valence-electron chi connectivity index (χ1n) is 6.13. The third-order valence-electron chi connectivity index (χ3n) is 3.17. The summed E-state index contributed by atoms with van der Waals surface area (Å²) in [5, 5.41) is 9.50. The Kier molecular flexibility index (Phi) is 3.27. The standard InChI is InChI=1S/C14H8BrN5O2/c15-8-4-2-1-3-6(8)9-7(5-16)11(17)18-12-10(9)13(21)20-14(22)19-12/h1-4H,(H4,17,18,19,20,21,22). The molecule has 2 aromatic heterocycles. The van der Waals surface area contributed by atoms with E-state index in [0.29, 0.717) is 15.6 Å². The average molecular weight is 358 g/mol. The molecule has 0 aliphatic heterocycles. The fraction of sp³-hybridized carbons (Fsp3) is 0. The van der Waals surface area contributed by atoms with Crippen molar-refractivity contribution in [2.24, 2.45) is 0 Å². The number of fused-ring (bicyclic) bond motifs is 1. The topological polar surface area (TPSA) is 128 Å². The predicted molar refractivity (Wildman–Crippen MR) is 85.2 cm³/mol. The lowest BCUT2D eigenvalue weighted by molar-refractivity contribution is 1.06. The van der Waals surface area contributed by atoms with Gasteiger partial charge in [0.15, 0.2) is 0 Å². The first-order chi connectivity index (χ1) is 10.5. The first-order valence-corrected chi connectivity index (χ1v) is 6.93. The predicted octanol–water partition coefficient (Wildman–Crippen LogP) is 1.49. The van der Waals surface area contributed by atoms with Crippen LogP contribution in [-0.2, 0) is 0 Å². The number of nitriles is 1. The minimum atomic E-state index is -0.688. The van der Waals surface area contributed by atoms with Gasteiger partial charge in [0.05, 0.1) is 5.39 Å². The lowest BCUT2D eigenvalue weighted by Crippen LogP contribution is -2.23. The SMILES string of the molecule is N#Cc1c(N)nc2[nH]c(=O)[nH]c(=O)c2c1-c1ccccc1Br. The number of halogens is 1. The lowest BCUT2D eigenvalue weighted by atomic mass is 9.98. The second-order valence-corrected chi connectivity index (χ2v) is 5.32. The largest absolute Gasteiger partial charge is 0.383 e. The number of nitrogens with two attached hydrogens (primary N) is 1. The molecule has 8 heteroatoms. The Balaban J connectivity index is 2.63. The number of nitrogens with one attached hydrogen (secondary N) is 2. The molecule has 0 radical (unpaired) electrons. The number of aromatic nitrogens is 3. The van der Waals surface area contributed by atoms with E-state index >= 15 is 0 Å². The highest BCUT2D eigenvalue weighted by Gasteiger charge is 2.19. The van der Waals surface area contributed by atoms with Crippen LogP contribution in [0.2, 0.25) is 0 Å². The van der Waals surface area contributed by atoms with Crippen LogP contribution in [-0.4, -0.2) is 15.0 Å². The van der Waals surface area contributed by atoms with Gasteiger partial charge in [-0.1, -0.05) is 34.1 Å². The molecule has 0 spiro atoms. The van der Waals surface area contributed by atoms with Crippen molar-refractivity contribution in [3.8, 4) is 17.2 Å². The van der Waals surface area contributed by atoms with E-state index in [-0.39, 0.29) is 22.4 Å². The Morgan fingerprint density at radius 2 is 1.95 bits per heavy atom. The van der Waals surface area contributed by atoms with Gasteiger partial charge in [-0.05, 0) is 11.6 Å². The Bertz CT molecular complexity index is 1060. The summed E-state index contributed by atoms with van der Waals surface area (Å²) in [4.78, 5) is 32.1. The number of pyridine rings is 1. The van der Waals surface area contributed by atoms with Crippen LogP contribution in [0.25, 0.3) is 22.2 Å². The summed E-state index contributed by atoms with van der Waals surface area (Å²) in [7, 11) is 0. The zero-order chi connectivity index (χ0) is 15.9. The fourth-order valence-corrected chi connectivity index (χ4v) is 2.75. The number of hydrogen-bond acceptors (Lipinski definition) is 5. The van der Waals surface area contributed by atoms with Gasteiger partial charge in [-0.15, -0.1) is 0 Å². The molecule has 2 heterocycles. The van der Waals surface area contributed by atoms with Crippen molar-refractivity contribution in [1.29, 1.82) is 5.26 Å². The number of aromatic amines is 2. The van der Waals surface area contributed by atoms with Crippen LogP contribution in [0.15, 0.2) is 38.3 Å². The number of nitrogen functional groups attached to an aromatic ring is 1. The Morgan fingerprint density at radius 3 is 2.64 bits per heavy atom. The van der Waals surface area contributed by atoms with E-state index in [9.17, 15) is 14.9 Å². The molecule has 0 aliphatic rings. The summed E-state index contributed by atoms with van der Waals surface area (Å²) in [5.74, 6) is -0.0537. The summed E-state index contributed by atoms with van der Waals surface area (Å²) < 4.78 is 0.684. The van der Waals surface area contributed by atoms with E-state index in [1.807, 2.05) is 6.07 Å². The third kappa shape index (κ3) is 2.08. The molecule has 0 saturated carbocycles. The number of nitrogens with zero attached hydrogens (tertiary/aromatic N) is 2. The zero-order valence-corrected chi connectivity index (χ0v) is 12.6. The highest BCUT2D eigenvalue weighted by molar-refractivity contribution is 9.10. The van der Waals surface area contributed by atoms with Gasteiger partial charge in [-0.3, -0.25) is 14.8 Å². The van der Waals surface area contributed by atoms with E-state index in [0.717, 1.165) is 0 Å². The summed E-state index contributed by atoms with van der Waals surface area (Å²) >= 11 is 3.39. The van der Waals surface area contributed by atoms with Crippen LogP contribution in [0.5, 0.6) is 0 Å². The number of benzene rings is 1. The molecule has 0 amide bonds. The molecular formula is C14H8BrN5O2. The zero-order valence-electron chi connectivity index (χ0n) is 11.0. The molecular weight excluding hydrogens is 350 g/mol. The quantitative estimate of drug-likeness (QED) is 0.607. The highest BCUT2D eigenvalue weighted by Crippen LogP contribution is 2.35. The smallest absolute Gasteiger partial charge is 0.327 e. The maximum Gasteiger partial charge on any atom is 0.327 e. The maximum atomic E-state index is 12.2. The van der Waals surface area contributed by atoms with Crippen LogP contribution in [0.3, 0.4) is 0 Å². The van der Waals surface area contributed by atoms with Crippen LogP contribution in [0, 0.1) is 11.3 Å². The lowest BCUT2D eigenvalue weighted by Gasteiger charge is -2.11.